The van der Waals surface area contributed by atoms with Crippen LogP contribution < -0.4 is 40.0 Å². The van der Waals surface area contributed by atoms with Crippen LogP contribution >= 0.6 is 34.9 Å². The van der Waals surface area contributed by atoms with Crippen molar-refractivity contribution in [3.05, 3.63) is 33.7 Å². The van der Waals surface area contributed by atoms with Gasteiger partial charge in [0, 0.05) is 23.4 Å². The number of aryl methyl sites for hydroxylation is 1. The number of rotatable bonds is 7. The van der Waals surface area contributed by atoms with Gasteiger partial charge in [-0.1, -0.05) is 17.8 Å². The molecule has 2 aliphatic rings. The number of carboxylic acid groups (broad SMARTS) is 1. The van der Waals surface area contributed by atoms with E-state index >= 15 is 0 Å². The number of β-lactam (4-membered cyclic amide) rings is 1. The Labute approximate surface area is 206 Å². The van der Waals surface area contributed by atoms with Gasteiger partial charge in [0.2, 0.25) is 11.1 Å². The first kappa shape index (κ1) is 23.3. The van der Waals surface area contributed by atoms with Crippen molar-refractivity contribution in [2.75, 3.05) is 11.5 Å². The number of aliphatic carboxylic acids is 1. The van der Waals surface area contributed by atoms with Crippen LogP contribution in [-0.4, -0.2) is 65.8 Å². The maximum Gasteiger partial charge on any atom is 1.00 e. The SMILES string of the molecule is Cn1nnnc1SCC1=C(C(=O)[O-])N2C(=O)C(NC(=O)Cc3cccs3)C2SC1.[Na+]. The number of carbonyl (C=O) groups is 3. The molecule has 0 aliphatic carbocycles. The average molecular weight is 475 g/mol. The van der Waals surface area contributed by atoms with Gasteiger partial charge in [-0.25, -0.2) is 4.68 Å². The average Bonchev–Trinajstić information content (AvgIpc) is 3.35. The quantitative estimate of drug-likeness (QED) is 0.242. The number of amides is 2. The van der Waals surface area contributed by atoms with Crippen molar-refractivity contribution in [3.63, 3.8) is 0 Å². The van der Waals surface area contributed by atoms with E-state index in [2.05, 4.69) is 20.8 Å². The van der Waals surface area contributed by atoms with Gasteiger partial charge in [0.1, 0.15) is 11.4 Å². The Morgan fingerprint density at radius 3 is 2.87 bits per heavy atom. The Balaban J connectivity index is 0.00000256. The monoisotopic (exact) mass is 474 g/mol. The fraction of sp³-hybridized carbons (Fsp3) is 0.375. The molecule has 0 bridgehead atoms. The fourth-order valence-corrected chi connectivity index (χ4v) is 6.11. The third-order valence-electron chi connectivity index (χ3n) is 4.43. The van der Waals surface area contributed by atoms with Crippen LogP contribution in [0.2, 0.25) is 0 Å². The summed E-state index contributed by atoms with van der Waals surface area (Å²) in [6, 6.07) is 2.97. The van der Waals surface area contributed by atoms with Gasteiger partial charge in [-0.2, -0.15) is 0 Å². The van der Waals surface area contributed by atoms with Crippen LogP contribution in [-0.2, 0) is 27.9 Å². The molecule has 2 unspecified atom stereocenters. The molecule has 30 heavy (non-hydrogen) atoms. The number of carboxylic acids is 1. The van der Waals surface area contributed by atoms with E-state index in [1.54, 1.807) is 7.05 Å². The molecule has 2 amide bonds. The van der Waals surface area contributed by atoms with Crippen LogP contribution in [0.5, 0.6) is 0 Å². The van der Waals surface area contributed by atoms with Crippen molar-refractivity contribution in [1.29, 1.82) is 0 Å². The van der Waals surface area contributed by atoms with E-state index in [-0.39, 0.29) is 47.6 Å². The second-order valence-electron chi connectivity index (χ2n) is 6.32. The molecule has 0 spiro atoms. The number of nitrogens with zero attached hydrogens (tertiary/aromatic N) is 5. The second-order valence-corrected chi connectivity index (χ2v) is 9.40. The number of tetrazole rings is 1. The Bertz CT molecular complexity index is 995. The molecular weight excluding hydrogens is 459 g/mol. The summed E-state index contributed by atoms with van der Waals surface area (Å²) < 4.78 is 1.48. The normalized spacial score (nSPS) is 20.3. The number of aromatic nitrogens is 4. The zero-order valence-corrected chi connectivity index (χ0v) is 20.6. The molecule has 2 atom stereocenters. The smallest absolute Gasteiger partial charge is 0.543 e. The van der Waals surface area contributed by atoms with Gasteiger partial charge in [-0.05, 0) is 27.4 Å². The zero-order chi connectivity index (χ0) is 20.5. The molecule has 2 aliphatic heterocycles. The summed E-state index contributed by atoms with van der Waals surface area (Å²) in [7, 11) is 1.68. The topological polar surface area (TPSA) is 133 Å². The Morgan fingerprint density at radius 2 is 2.23 bits per heavy atom. The minimum Gasteiger partial charge on any atom is -0.543 e. The van der Waals surface area contributed by atoms with E-state index in [0.717, 1.165) is 4.88 Å². The third-order valence-corrected chi connectivity index (χ3v) is 7.74. The van der Waals surface area contributed by atoms with Crippen molar-refractivity contribution in [2.24, 2.45) is 7.05 Å². The van der Waals surface area contributed by atoms with Crippen LogP contribution in [0.4, 0.5) is 0 Å². The van der Waals surface area contributed by atoms with Crippen molar-refractivity contribution in [2.45, 2.75) is 23.0 Å². The first-order chi connectivity index (χ1) is 14.0. The molecule has 152 valence electrons. The van der Waals surface area contributed by atoms with Gasteiger partial charge < -0.3 is 15.2 Å². The van der Waals surface area contributed by atoms with E-state index in [0.29, 0.717) is 22.2 Å². The van der Waals surface area contributed by atoms with E-state index in [1.165, 1.54) is 44.4 Å². The number of thioether (sulfide) groups is 2. The Kier molecular flexibility index (Phi) is 7.63. The van der Waals surface area contributed by atoms with Crippen LogP contribution in [0.15, 0.2) is 33.9 Å². The third kappa shape index (κ3) is 4.60. The number of nitrogens with one attached hydrogen (secondary N) is 1. The van der Waals surface area contributed by atoms with Crippen LogP contribution in [0.3, 0.4) is 0 Å². The fourth-order valence-electron chi connectivity index (χ4n) is 3.07. The molecule has 2 aromatic heterocycles. The van der Waals surface area contributed by atoms with Crippen LogP contribution in [0.1, 0.15) is 4.88 Å². The summed E-state index contributed by atoms with van der Waals surface area (Å²) in [5.74, 6) is -1.38. The van der Waals surface area contributed by atoms with Gasteiger partial charge in [0.15, 0.2) is 0 Å². The van der Waals surface area contributed by atoms with Crippen molar-refractivity contribution in [3.8, 4) is 0 Å². The summed E-state index contributed by atoms with van der Waals surface area (Å²) in [4.78, 5) is 38.7. The van der Waals surface area contributed by atoms with Crippen molar-refractivity contribution >= 4 is 52.6 Å². The minimum atomic E-state index is -1.40. The van der Waals surface area contributed by atoms with Gasteiger partial charge >= 0.3 is 29.6 Å². The predicted octanol–water partition coefficient (Wildman–Crippen LogP) is -3.99. The standard InChI is InChI=1S/C16H16N6O4S3.Na/c1-21-16(18-19-20-21)29-7-8-6-28-14-11(13(24)22(14)12(8)15(25)26)17-10(23)5-9-3-2-4-27-9;/h2-4,11,14H,5-7H2,1H3,(H,17,23)(H,25,26);/q;+1/p-1. The van der Waals surface area contributed by atoms with Gasteiger partial charge in [-0.15, -0.1) is 28.2 Å². The van der Waals surface area contributed by atoms with Gasteiger partial charge in [0.25, 0.3) is 5.91 Å². The molecule has 0 aromatic carbocycles. The molecule has 0 saturated carbocycles. The zero-order valence-electron chi connectivity index (χ0n) is 16.1. The van der Waals surface area contributed by atoms with Crippen LogP contribution in [0, 0.1) is 0 Å². The van der Waals surface area contributed by atoms with Crippen molar-refractivity contribution < 1.29 is 49.0 Å². The van der Waals surface area contributed by atoms with E-state index in [9.17, 15) is 19.5 Å². The number of fused-ring (bicyclic) bond motifs is 1. The Morgan fingerprint density at radius 1 is 1.43 bits per heavy atom. The molecule has 1 N–H and O–H groups in total. The first-order valence-electron chi connectivity index (χ1n) is 8.50. The molecular formula is C16H15N6NaO4S3. The molecule has 2 aromatic rings. The van der Waals surface area contributed by atoms with Crippen molar-refractivity contribution in [1.82, 2.24) is 30.4 Å². The first-order valence-corrected chi connectivity index (χ1v) is 11.4. The second kappa shape index (κ2) is 9.83. The molecule has 0 radical (unpaired) electrons. The number of hydrogen-bond donors (Lipinski definition) is 1. The maximum absolute atomic E-state index is 12.6. The molecule has 10 nitrogen and oxygen atoms in total. The number of thiophene rings is 1. The molecule has 14 heteroatoms. The summed E-state index contributed by atoms with van der Waals surface area (Å²) in [5.41, 5.74) is 0.445. The van der Waals surface area contributed by atoms with E-state index in [4.69, 9.17) is 0 Å². The minimum absolute atomic E-state index is 0. The molecule has 1 fully saturated rings. The summed E-state index contributed by atoms with van der Waals surface area (Å²) in [6.07, 6.45) is 0.190. The predicted molar refractivity (Wildman–Crippen MR) is 105 cm³/mol. The van der Waals surface area contributed by atoms with E-state index in [1.807, 2.05) is 17.5 Å². The number of hydrogen-bond acceptors (Lipinski definition) is 10. The summed E-state index contributed by atoms with van der Waals surface area (Å²) in [5, 5.41) is 27.6. The largest absolute Gasteiger partial charge is 1.00 e. The maximum atomic E-state index is 12.6. The number of carbonyl (C=O) groups excluding carboxylic acids is 3. The molecule has 4 rings (SSSR count). The summed E-state index contributed by atoms with van der Waals surface area (Å²) >= 11 is 4.16. The van der Waals surface area contributed by atoms with E-state index < -0.39 is 23.3 Å². The van der Waals surface area contributed by atoms with Gasteiger partial charge in [0.05, 0.1) is 18.1 Å². The van der Waals surface area contributed by atoms with Gasteiger partial charge in [-0.3, -0.25) is 14.5 Å². The molecule has 4 heterocycles. The van der Waals surface area contributed by atoms with Crippen LogP contribution in [0.25, 0.3) is 0 Å². The Hall–Kier alpha value is -1.38. The molecule has 1 saturated heterocycles. The summed E-state index contributed by atoms with van der Waals surface area (Å²) in [6.45, 7) is 0.